The predicted molar refractivity (Wildman–Crippen MR) is 60.3 cm³/mol. The zero-order chi connectivity index (χ0) is 11.2. The van der Waals surface area contributed by atoms with Gasteiger partial charge in [0.1, 0.15) is 0 Å². The van der Waals surface area contributed by atoms with Crippen molar-refractivity contribution in [2.45, 2.75) is 19.9 Å². The van der Waals surface area contributed by atoms with Crippen molar-refractivity contribution in [2.24, 2.45) is 0 Å². The molecule has 5 heteroatoms. The summed E-state index contributed by atoms with van der Waals surface area (Å²) in [6, 6.07) is 0.331. The van der Waals surface area contributed by atoms with E-state index < -0.39 is 9.84 Å². The first kappa shape index (κ1) is 13.9. The lowest BCUT2D eigenvalue weighted by Gasteiger charge is -2.18. The van der Waals surface area contributed by atoms with Crippen LogP contribution in [0.3, 0.4) is 0 Å². The fourth-order valence-electron chi connectivity index (χ4n) is 1.22. The van der Waals surface area contributed by atoms with Gasteiger partial charge in [0.15, 0.2) is 9.84 Å². The summed E-state index contributed by atoms with van der Waals surface area (Å²) < 4.78 is 22.3. The topological polar surface area (TPSA) is 49.4 Å². The number of nitrogens with zero attached hydrogens (tertiary/aromatic N) is 1. The minimum absolute atomic E-state index is 0.233. The number of likely N-dealkylation sites (N-methyl/N-ethyl adjacent to an activating group) is 1. The molecule has 14 heavy (non-hydrogen) atoms. The van der Waals surface area contributed by atoms with Crippen LogP contribution in [-0.2, 0) is 9.84 Å². The molecule has 0 heterocycles. The average molecular weight is 222 g/mol. The van der Waals surface area contributed by atoms with E-state index in [2.05, 4.69) is 17.1 Å². The van der Waals surface area contributed by atoms with E-state index in [9.17, 15) is 8.42 Å². The van der Waals surface area contributed by atoms with Gasteiger partial charge >= 0.3 is 0 Å². The predicted octanol–water partition coefficient (Wildman–Crippen LogP) is -0.0392. The SMILES string of the molecule is CCS(=O)(=O)CCNC(C)CN(C)C. The van der Waals surface area contributed by atoms with Crippen molar-refractivity contribution in [1.29, 1.82) is 0 Å². The molecule has 0 aliphatic carbocycles. The maximum absolute atomic E-state index is 11.2. The number of hydrogen-bond acceptors (Lipinski definition) is 4. The highest BCUT2D eigenvalue weighted by Gasteiger charge is 2.08. The van der Waals surface area contributed by atoms with Crippen LogP contribution in [-0.4, -0.2) is 58.1 Å². The standard InChI is InChI=1S/C9H22N2O2S/c1-5-14(12,13)7-6-10-9(2)8-11(3)4/h9-10H,5-8H2,1-4H3. The van der Waals surface area contributed by atoms with Crippen molar-refractivity contribution < 1.29 is 8.42 Å². The largest absolute Gasteiger partial charge is 0.312 e. The lowest BCUT2D eigenvalue weighted by Crippen LogP contribution is -2.38. The third kappa shape index (κ3) is 7.29. The maximum atomic E-state index is 11.2. The fourth-order valence-corrected chi connectivity index (χ4v) is 1.93. The van der Waals surface area contributed by atoms with E-state index in [4.69, 9.17) is 0 Å². The molecular weight excluding hydrogens is 200 g/mol. The van der Waals surface area contributed by atoms with Crippen molar-refractivity contribution in [1.82, 2.24) is 10.2 Å². The van der Waals surface area contributed by atoms with Crippen LogP contribution in [0.5, 0.6) is 0 Å². The van der Waals surface area contributed by atoms with Gasteiger partial charge in [0.05, 0.1) is 5.75 Å². The summed E-state index contributed by atoms with van der Waals surface area (Å²) in [5, 5.41) is 3.18. The van der Waals surface area contributed by atoms with Crippen LogP contribution in [0.15, 0.2) is 0 Å². The quantitative estimate of drug-likeness (QED) is 0.657. The van der Waals surface area contributed by atoms with Crippen LogP contribution >= 0.6 is 0 Å². The van der Waals surface area contributed by atoms with Crippen molar-refractivity contribution >= 4 is 9.84 Å². The van der Waals surface area contributed by atoms with Gasteiger partial charge in [0, 0.05) is 24.9 Å². The van der Waals surface area contributed by atoms with Crippen molar-refractivity contribution in [2.75, 3.05) is 38.7 Å². The Morgan fingerprint density at radius 1 is 1.36 bits per heavy atom. The highest BCUT2D eigenvalue weighted by Crippen LogP contribution is 1.89. The monoisotopic (exact) mass is 222 g/mol. The zero-order valence-corrected chi connectivity index (χ0v) is 10.4. The minimum atomic E-state index is -2.82. The molecule has 0 fully saturated rings. The Bertz CT molecular complexity index is 237. The molecule has 0 aromatic heterocycles. The van der Waals surface area contributed by atoms with Gasteiger partial charge in [-0.15, -0.1) is 0 Å². The summed E-state index contributed by atoms with van der Waals surface area (Å²) in [5.74, 6) is 0.470. The summed E-state index contributed by atoms with van der Waals surface area (Å²) in [4.78, 5) is 2.08. The number of rotatable bonds is 7. The molecule has 0 radical (unpaired) electrons. The van der Waals surface area contributed by atoms with E-state index in [0.29, 0.717) is 12.6 Å². The highest BCUT2D eigenvalue weighted by atomic mass is 32.2. The van der Waals surface area contributed by atoms with E-state index in [1.54, 1.807) is 6.92 Å². The first-order valence-electron chi connectivity index (χ1n) is 4.96. The molecule has 86 valence electrons. The molecule has 1 unspecified atom stereocenters. The summed E-state index contributed by atoms with van der Waals surface area (Å²) in [5.41, 5.74) is 0. The lowest BCUT2D eigenvalue weighted by atomic mass is 10.3. The van der Waals surface area contributed by atoms with Crippen LogP contribution in [0.4, 0.5) is 0 Å². The molecule has 0 aromatic carbocycles. The molecule has 1 N–H and O–H groups in total. The smallest absolute Gasteiger partial charge is 0.151 e. The minimum Gasteiger partial charge on any atom is -0.312 e. The Hall–Kier alpha value is -0.130. The Morgan fingerprint density at radius 3 is 2.36 bits per heavy atom. The van der Waals surface area contributed by atoms with E-state index in [1.165, 1.54) is 0 Å². The van der Waals surface area contributed by atoms with Crippen LogP contribution in [0.1, 0.15) is 13.8 Å². The second-order valence-electron chi connectivity index (χ2n) is 3.85. The molecule has 0 aliphatic rings. The molecule has 1 atom stereocenters. The number of nitrogens with one attached hydrogen (secondary N) is 1. The van der Waals surface area contributed by atoms with Crippen molar-refractivity contribution in [3.8, 4) is 0 Å². The van der Waals surface area contributed by atoms with Crippen LogP contribution < -0.4 is 5.32 Å². The summed E-state index contributed by atoms with van der Waals surface area (Å²) in [6.07, 6.45) is 0. The molecule has 0 aromatic rings. The molecule has 0 bridgehead atoms. The first-order chi connectivity index (χ1) is 6.37. The summed E-state index contributed by atoms with van der Waals surface area (Å²) in [6.45, 7) is 5.20. The molecule has 0 rings (SSSR count). The van der Waals surface area contributed by atoms with Crippen LogP contribution in [0.25, 0.3) is 0 Å². The molecule has 0 saturated carbocycles. The lowest BCUT2D eigenvalue weighted by molar-refractivity contribution is 0.353. The van der Waals surface area contributed by atoms with E-state index in [1.807, 2.05) is 14.1 Å². The fraction of sp³-hybridized carbons (Fsp3) is 1.00. The number of hydrogen-bond donors (Lipinski definition) is 1. The average Bonchev–Trinajstić information content (AvgIpc) is 2.02. The molecule has 0 aliphatic heterocycles. The van der Waals surface area contributed by atoms with Gasteiger partial charge in [-0.2, -0.15) is 0 Å². The summed E-state index contributed by atoms with van der Waals surface area (Å²) in [7, 11) is 1.18. The molecular formula is C9H22N2O2S. The van der Waals surface area contributed by atoms with Gasteiger partial charge in [0.2, 0.25) is 0 Å². The second kappa shape index (κ2) is 6.37. The van der Waals surface area contributed by atoms with Crippen LogP contribution in [0, 0.1) is 0 Å². The van der Waals surface area contributed by atoms with Crippen molar-refractivity contribution in [3.05, 3.63) is 0 Å². The van der Waals surface area contributed by atoms with Gasteiger partial charge in [0.25, 0.3) is 0 Å². The Balaban J connectivity index is 3.64. The van der Waals surface area contributed by atoms with Gasteiger partial charge in [-0.05, 0) is 21.0 Å². The summed E-state index contributed by atoms with van der Waals surface area (Å²) >= 11 is 0. The Kier molecular flexibility index (Phi) is 6.31. The second-order valence-corrected chi connectivity index (χ2v) is 6.33. The van der Waals surface area contributed by atoms with Gasteiger partial charge in [-0.3, -0.25) is 0 Å². The normalized spacial score (nSPS) is 14.6. The third-order valence-electron chi connectivity index (χ3n) is 1.98. The van der Waals surface area contributed by atoms with Gasteiger partial charge in [-0.25, -0.2) is 8.42 Å². The van der Waals surface area contributed by atoms with Crippen molar-refractivity contribution in [3.63, 3.8) is 0 Å². The molecule has 4 nitrogen and oxygen atoms in total. The third-order valence-corrected chi connectivity index (χ3v) is 3.69. The highest BCUT2D eigenvalue weighted by molar-refractivity contribution is 7.91. The Morgan fingerprint density at radius 2 is 1.93 bits per heavy atom. The Labute approximate surface area is 87.6 Å². The van der Waals surface area contributed by atoms with Gasteiger partial charge in [-0.1, -0.05) is 6.92 Å². The van der Waals surface area contributed by atoms with E-state index in [0.717, 1.165) is 6.54 Å². The van der Waals surface area contributed by atoms with E-state index >= 15 is 0 Å². The maximum Gasteiger partial charge on any atom is 0.151 e. The first-order valence-corrected chi connectivity index (χ1v) is 6.78. The molecule has 0 spiro atoms. The van der Waals surface area contributed by atoms with Crippen LogP contribution in [0.2, 0.25) is 0 Å². The zero-order valence-electron chi connectivity index (χ0n) is 9.58. The molecule has 0 amide bonds. The number of sulfone groups is 1. The molecule has 0 saturated heterocycles. The van der Waals surface area contributed by atoms with E-state index in [-0.39, 0.29) is 11.5 Å². The van der Waals surface area contributed by atoms with Gasteiger partial charge < -0.3 is 10.2 Å².